The molecule has 4 rings (SSSR count). The summed E-state index contributed by atoms with van der Waals surface area (Å²) in [6, 6.07) is 8.70. The highest BCUT2D eigenvalue weighted by Crippen LogP contribution is 2.28. The molecule has 1 aromatic rings. The second kappa shape index (κ2) is 7.39. The van der Waals surface area contributed by atoms with Crippen LogP contribution in [0.3, 0.4) is 0 Å². The Bertz CT molecular complexity index is 657. The highest BCUT2D eigenvalue weighted by molar-refractivity contribution is 5.83. The molecular formula is C21H29N3O2. The van der Waals surface area contributed by atoms with Gasteiger partial charge in [0.2, 0.25) is 11.8 Å². The Morgan fingerprint density at radius 3 is 2.38 bits per heavy atom. The van der Waals surface area contributed by atoms with E-state index in [-0.39, 0.29) is 29.8 Å². The average molecular weight is 355 g/mol. The van der Waals surface area contributed by atoms with Crippen LogP contribution in [0.4, 0.5) is 0 Å². The van der Waals surface area contributed by atoms with Crippen LogP contribution in [-0.2, 0) is 22.4 Å². The second-order valence-electron chi connectivity index (χ2n) is 8.00. The van der Waals surface area contributed by atoms with E-state index in [2.05, 4.69) is 41.4 Å². The molecule has 0 saturated carbocycles. The van der Waals surface area contributed by atoms with Crippen molar-refractivity contribution < 1.29 is 9.59 Å². The number of hydrogen-bond acceptors (Lipinski definition) is 3. The predicted molar refractivity (Wildman–Crippen MR) is 101 cm³/mol. The van der Waals surface area contributed by atoms with Gasteiger partial charge in [-0.25, -0.2) is 0 Å². The first kappa shape index (κ1) is 17.5. The van der Waals surface area contributed by atoms with Crippen molar-refractivity contribution >= 4 is 11.8 Å². The largest absolute Gasteiger partial charge is 0.351 e. The summed E-state index contributed by atoms with van der Waals surface area (Å²) < 4.78 is 0. The molecule has 2 heterocycles. The lowest BCUT2D eigenvalue weighted by atomic mass is 9.95. The molecular weight excluding hydrogens is 326 g/mol. The van der Waals surface area contributed by atoms with Crippen molar-refractivity contribution in [1.29, 1.82) is 0 Å². The summed E-state index contributed by atoms with van der Waals surface area (Å²) in [6.45, 7) is 5.90. The molecule has 0 radical (unpaired) electrons. The Labute approximate surface area is 155 Å². The van der Waals surface area contributed by atoms with E-state index in [0.717, 1.165) is 45.3 Å². The topological polar surface area (TPSA) is 52.7 Å². The van der Waals surface area contributed by atoms with Crippen molar-refractivity contribution in [2.45, 2.75) is 51.1 Å². The van der Waals surface area contributed by atoms with Gasteiger partial charge in [0.25, 0.3) is 0 Å². The summed E-state index contributed by atoms with van der Waals surface area (Å²) >= 11 is 0. The minimum Gasteiger partial charge on any atom is -0.351 e. The van der Waals surface area contributed by atoms with Crippen LogP contribution in [0.25, 0.3) is 0 Å². The second-order valence-corrected chi connectivity index (χ2v) is 8.00. The van der Waals surface area contributed by atoms with Crippen LogP contribution < -0.4 is 5.32 Å². The number of fused-ring (bicyclic) bond motifs is 1. The molecule has 0 unspecified atom stereocenters. The zero-order valence-electron chi connectivity index (χ0n) is 15.6. The van der Waals surface area contributed by atoms with Crippen molar-refractivity contribution in [3.05, 3.63) is 35.4 Å². The molecule has 2 fully saturated rings. The quantitative estimate of drug-likeness (QED) is 0.893. The average Bonchev–Trinajstić information content (AvgIpc) is 3.24. The van der Waals surface area contributed by atoms with Crippen molar-refractivity contribution in [3.8, 4) is 0 Å². The lowest BCUT2D eigenvalue weighted by molar-refractivity contribution is -0.129. The van der Waals surface area contributed by atoms with Gasteiger partial charge in [0, 0.05) is 24.9 Å². The monoisotopic (exact) mass is 355 g/mol. The van der Waals surface area contributed by atoms with Gasteiger partial charge in [-0.2, -0.15) is 0 Å². The first-order valence-corrected chi connectivity index (χ1v) is 10.0. The van der Waals surface area contributed by atoms with E-state index in [0.29, 0.717) is 13.0 Å². The van der Waals surface area contributed by atoms with E-state index < -0.39 is 0 Å². The Morgan fingerprint density at radius 2 is 1.77 bits per heavy atom. The van der Waals surface area contributed by atoms with Gasteiger partial charge in [-0.1, -0.05) is 31.2 Å². The van der Waals surface area contributed by atoms with Gasteiger partial charge in [0.1, 0.15) is 0 Å². The third-order valence-corrected chi connectivity index (χ3v) is 6.38. The van der Waals surface area contributed by atoms with Crippen LogP contribution in [0.2, 0.25) is 0 Å². The zero-order valence-corrected chi connectivity index (χ0v) is 15.6. The van der Waals surface area contributed by atoms with E-state index in [1.54, 1.807) is 0 Å². The van der Waals surface area contributed by atoms with Gasteiger partial charge in [0.15, 0.2) is 0 Å². The molecule has 1 N–H and O–H groups in total. The highest BCUT2D eigenvalue weighted by Gasteiger charge is 2.38. The molecule has 0 spiro atoms. The number of carbonyl (C=O) groups is 2. The Kier molecular flexibility index (Phi) is 4.98. The third kappa shape index (κ3) is 3.50. The molecule has 2 aliphatic heterocycles. The minimum absolute atomic E-state index is 0.0251. The molecule has 26 heavy (non-hydrogen) atoms. The van der Waals surface area contributed by atoms with Gasteiger partial charge in [-0.3, -0.25) is 9.59 Å². The summed E-state index contributed by atoms with van der Waals surface area (Å²) in [7, 11) is 0. The van der Waals surface area contributed by atoms with Gasteiger partial charge >= 0.3 is 0 Å². The number of piperidine rings is 1. The number of likely N-dealkylation sites (tertiary alicyclic amines) is 2. The van der Waals surface area contributed by atoms with Crippen molar-refractivity contribution in [2.75, 3.05) is 26.2 Å². The van der Waals surface area contributed by atoms with Gasteiger partial charge in [-0.15, -0.1) is 0 Å². The van der Waals surface area contributed by atoms with Crippen LogP contribution >= 0.6 is 0 Å². The maximum Gasteiger partial charge on any atom is 0.225 e. The van der Waals surface area contributed by atoms with E-state index in [1.165, 1.54) is 11.1 Å². The highest BCUT2D eigenvalue weighted by atomic mass is 16.2. The Hall–Kier alpha value is -1.88. The fraction of sp³-hybridized carbons (Fsp3) is 0.619. The van der Waals surface area contributed by atoms with Crippen LogP contribution in [-0.4, -0.2) is 59.9 Å². The Balaban J connectivity index is 1.30. The summed E-state index contributed by atoms with van der Waals surface area (Å²) in [4.78, 5) is 29.5. The van der Waals surface area contributed by atoms with Crippen LogP contribution in [0, 0.1) is 5.92 Å². The number of carbonyl (C=O) groups excluding carboxylic acids is 2. The van der Waals surface area contributed by atoms with Crippen molar-refractivity contribution in [3.63, 3.8) is 0 Å². The summed E-state index contributed by atoms with van der Waals surface area (Å²) in [5.41, 5.74) is 2.72. The number of rotatable bonds is 4. The van der Waals surface area contributed by atoms with Crippen molar-refractivity contribution in [1.82, 2.24) is 15.1 Å². The number of nitrogens with zero attached hydrogens (tertiary/aromatic N) is 2. The molecule has 3 aliphatic rings. The number of amides is 2. The summed E-state index contributed by atoms with van der Waals surface area (Å²) in [5, 5.41) is 3.17. The number of benzene rings is 1. The molecule has 5 heteroatoms. The number of nitrogens with one attached hydrogen (secondary N) is 1. The van der Waals surface area contributed by atoms with E-state index in [9.17, 15) is 9.59 Å². The first-order chi connectivity index (χ1) is 12.6. The van der Waals surface area contributed by atoms with E-state index >= 15 is 0 Å². The van der Waals surface area contributed by atoms with E-state index in [4.69, 9.17) is 0 Å². The fourth-order valence-corrected chi connectivity index (χ4v) is 4.77. The molecule has 0 aromatic heterocycles. The smallest absolute Gasteiger partial charge is 0.225 e. The SMILES string of the molecule is CCN1CCC(C(=O)N[C@H]2CC(=O)N(C3Cc4ccccc4C3)C2)CC1. The molecule has 0 bridgehead atoms. The predicted octanol–water partition coefficient (Wildman–Crippen LogP) is 1.60. The van der Waals surface area contributed by atoms with E-state index in [1.807, 2.05) is 4.90 Å². The number of hydrogen-bond donors (Lipinski definition) is 1. The lowest BCUT2D eigenvalue weighted by Crippen LogP contribution is -2.45. The molecule has 1 aromatic carbocycles. The standard InChI is InChI=1S/C21H29N3O2/c1-2-23-9-7-15(8-10-23)21(26)22-18-13-20(25)24(14-18)19-11-16-5-3-4-6-17(16)12-19/h3-6,15,18-19H,2,7-14H2,1H3,(H,22,26)/t18-/m0/s1. The lowest BCUT2D eigenvalue weighted by Gasteiger charge is -2.31. The molecule has 2 amide bonds. The molecule has 140 valence electrons. The molecule has 2 saturated heterocycles. The van der Waals surface area contributed by atoms with Crippen molar-refractivity contribution in [2.24, 2.45) is 5.92 Å². The van der Waals surface area contributed by atoms with Gasteiger partial charge < -0.3 is 15.1 Å². The zero-order chi connectivity index (χ0) is 18.1. The van der Waals surface area contributed by atoms with Crippen LogP contribution in [0.15, 0.2) is 24.3 Å². The van der Waals surface area contributed by atoms with Gasteiger partial charge in [-0.05, 0) is 56.4 Å². The van der Waals surface area contributed by atoms with Gasteiger partial charge in [0.05, 0.1) is 6.04 Å². The minimum atomic E-state index is -0.0251. The maximum atomic E-state index is 12.6. The molecule has 5 nitrogen and oxygen atoms in total. The molecule has 1 aliphatic carbocycles. The van der Waals surface area contributed by atoms with Crippen LogP contribution in [0.1, 0.15) is 37.3 Å². The fourth-order valence-electron chi connectivity index (χ4n) is 4.77. The molecule has 1 atom stereocenters. The summed E-state index contributed by atoms with van der Waals surface area (Å²) in [5.74, 6) is 0.446. The van der Waals surface area contributed by atoms with Crippen LogP contribution in [0.5, 0.6) is 0 Å². The first-order valence-electron chi connectivity index (χ1n) is 10.0. The summed E-state index contributed by atoms with van der Waals surface area (Å²) in [6.07, 6.45) is 4.20. The maximum absolute atomic E-state index is 12.6. The normalized spacial score (nSPS) is 24.9. The Morgan fingerprint density at radius 1 is 1.12 bits per heavy atom. The third-order valence-electron chi connectivity index (χ3n) is 6.38.